The van der Waals surface area contributed by atoms with E-state index in [-0.39, 0.29) is 5.97 Å². The van der Waals surface area contributed by atoms with Crippen LogP contribution >= 0.6 is 15.9 Å². The Bertz CT molecular complexity index is 463. The van der Waals surface area contributed by atoms with Crippen molar-refractivity contribution in [1.29, 1.82) is 0 Å². The lowest BCUT2D eigenvalue weighted by atomic mass is 9.87. The predicted molar refractivity (Wildman–Crippen MR) is 71.7 cm³/mol. The number of carbonyl (C=O) groups excluding carboxylic acids is 1. The van der Waals surface area contributed by atoms with Gasteiger partial charge in [-0.25, -0.2) is 4.79 Å². The molecule has 0 unspecified atom stereocenters. The Labute approximate surface area is 110 Å². The summed E-state index contributed by atoms with van der Waals surface area (Å²) in [5, 5.41) is 0. The molecule has 2 rings (SSSR count). The van der Waals surface area contributed by atoms with Gasteiger partial charge >= 0.3 is 5.97 Å². The molecule has 0 N–H and O–H groups in total. The first-order chi connectivity index (χ1) is 8.22. The second-order valence-corrected chi connectivity index (χ2v) is 4.90. The summed E-state index contributed by atoms with van der Waals surface area (Å²) >= 11 is 3.56. The van der Waals surface area contributed by atoms with E-state index in [9.17, 15) is 4.79 Å². The second-order valence-electron chi connectivity index (χ2n) is 4.04. The van der Waals surface area contributed by atoms with Gasteiger partial charge in [0.15, 0.2) is 0 Å². The zero-order valence-electron chi connectivity index (χ0n) is 9.83. The van der Waals surface area contributed by atoms with Crippen LogP contribution in [0.15, 0.2) is 28.7 Å². The molecule has 3 heteroatoms. The van der Waals surface area contributed by atoms with E-state index < -0.39 is 0 Å². The second kappa shape index (κ2) is 5.50. The van der Waals surface area contributed by atoms with Crippen LogP contribution in [-0.4, -0.2) is 12.6 Å². The van der Waals surface area contributed by atoms with Crippen LogP contribution in [0.3, 0.4) is 0 Å². The SMILES string of the molecule is CCOC(=O)/C=C1\CCCc2c(Br)cccc21. The van der Waals surface area contributed by atoms with Gasteiger partial charge in [-0.3, -0.25) is 0 Å². The summed E-state index contributed by atoms with van der Waals surface area (Å²) in [6, 6.07) is 6.13. The number of hydrogen-bond acceptors (Lipinski definition) is 2. The van der Waals surface area contributed by atoms with Crippen molar-refractivity contribution in [3.63, 3.8) is 0 Å². The number of allylic oxidation sites excluding steroid dienone is 1. The monoisotopic (exact) mass is 294 g/mol. The summed E-state index contributed by atoms with van der Waals surface area (Å²) in [5.41, 5.74) is 3.57. The summed E-state index contributed by atoms with van der Waals surface area (Å²) < 4.78 is 6.09. The molecule has 90 valence electrons. The molecular weight excluding hydrogens is 280 g/mol. The number of ether oxygens (including phenoxy) is 1. The van der Waals surface area contributed by atoms with E-state index in [0.29, 0.717) is 6.61 Å². The van der Waals surface area contributed by atoms with Crippen molar-refractivity contribution < 1.29 is 9.53 Å². The highest BCUT2D eigenvalue weighted by Crippen LogP contribution is 2.34. The summed E-state index contributed by atoms with van der Waals surface area (Å²) in [4.78, 5) is 11.5. The van der Waals surface area contributed by atoms with Gasteiger partial charge in [-0.1, -0.05) is 28.1 Å². The molecule has 0 atom stereocenters. The van der Waals surface area contributed by atoms with Gasteiger partial charge in [0, 0.05) is 10.5 Å². The van der Waals surface area contributed by atoms with Gasteiger partial charge in [0.25, 0.3) is 0 Å². The predicted octanol–water partition coefficient (Wildman–Crippen LogP) is 3.73. The van der Waals surface area contributed by atoms with Crippen molar-refractivity contribution in [2.75, 3.05) is 6.61 Å². The molecule has 17 heavy (non-hydrogen) atoms. The molecule has 1 aliphatic carbocycles. The lowest BCUT2D eigenvalue weighted by Crippen LogP contribution is -2.06. The van der Waals surface area contributed by atoms with E-state index in [4.69, 9.17) is 4.74 Å². The molecule has 0 amide bonds. The van der Waals surface area contributed by atoms with Gasteiger partial charge in [0.2, 0.25) is 0 Å². The molecular formula is C14H15BrO2. The van der Waals surface area contributed by atoms with Gasteiger partial charge in [0.1, 0.15) is 0 Å². The lowest BCUT2D eigenvalue weighted by molar-refractivity contribution is -0.137. The lowest BCUT2D eigenvalue weighted by Gasteiger charge is -2.20. The Morgan fingerprint density at radius 1 is 1.47 bits per heavy atom. The standard InChI is InChI=1S/C14H15BrO2/c1-2-17-14(16)9-10-5-3-7-12-11(10)6-4-8-13(12)15/h4,6,8-9H,2-3,5,7H2,1H3/b10-9+. The largest absolute Gasteiger partial charge is 0.463 e. The Hall–Kier alpha value is -1.09. The molecule has 1 aromatic rings. The maximum absolute atomic E-state index is 11.5. The fraction of sp³-hybridized carbons (Fsp3) is 0.357. The quantitative estimate of drug-likeness (QED) is 0.614. The summed E-state index contributed by atoms with van der Waals surface area (Å²) in [5.74, 6) is -0.240. The topological polar surface area (TPSA) is 26.3 Å². The van der Waals surface area contributed by atoms with E-state index in [1.807, 2.05) is 19.1 Å². The highest BCUT2D eigenvalue weighted by molar-refractivity contribution is 9.10. The number of rotatable bonds is 2. The Kier molecular flexibility index (Phi) is 4.00. The molecule has 0 radical (unpaired) electrons. The molecule has 0 spiro atoms. The third-order valence-electron chi connectivity index (χ3n) is 2.92. The van der Waals surface area contributed by atoms with E-state index >= 15 is 0 Å². The summed E-state index contributed by atoms with van der Waals surface area (Å²) in [6.07, 6.45) is 4.73. The highest BCUT2D eigenvalue weighted by Gasteiger charge is 2.17. The maximum atomic E-state index is 11.5. The van der Waals surface area contributed by atoms with Gasteiger partial charge in [-0.2, -0.15) is 0 Å². The number of esters is 1. The maximum Gasteiger partial charge on any atom is 0.331 e. The number of carbonyl (C=O) groups is 1. The van der Waals surface area contributed by atoms with Crippen molar-refractivity contribution in [1.82, 2.24) is 0 Å². The van der Waals surface area contributed by atoms with E-state index in [1.54, 1.807) is 6.08 Å². The molecule has 0 aromatic heterocycles. The number of benzene rings is 1. The molecule has 1 aromatic carbocycles. The number of hydrogen-bond donors (Lipinski definition) is 0. The van der Waals surface area contributed by atoms with Crippen molar-refractivity contribution in [3.8, 4) is 0 Å². The first-order valence-electron chi connectivity index (χ1n) is 5.87. The Balaban J connectivity index is 2.35. The van der Waals surface area contributed by atoms with Crippen LogP contribution in [0.25, 0.3) is 5.57 Å². The minimum absolute atomic E-state index is 0.240. The number of halogens is 1. The molecule has 0 heterocycles. The summed E-state index contributed by atoms with van der Waals surface area (Å²) in [6.45, 7) is 2.25. The minimum atomic E-state index is -0.240. The van der Waals surface area contributed by atoms with Crippen molar-refractivity contribution in [2.45, 2.75) is 26.2 Å². The van der Waals surface area contributed by atoms with Crippen LogP contribution in [-0.2, 0) is 16.0 Å². The van der Waals surface area contributed by atoms with Crippen LogP contribution in [0.2, 0.25) is 0 Å². The molecule has 0 bridgehead atoms. The van der Waals surface area contributed by atoms with Crippen LogP contribution in [0.1, 0.15) is 30.9 Å². The Morgan fingerprint density at radius 3 is 3.06 bits per heavy atom. The molecule has 0 saturated carbocycles. The zero-order chi connectivity index (χ0) is 12.3. The smallest absolute Gasteiger partial charge is 0.331 e. The first kappa shape index (κ1) is 12.4. The molecule has 0 saturated heterocycles. The Morgan fingerprint density at radius 2 is 2.29 bits per heavy atom. The van der Waals surface area contributed by atoms with Crippen LogP contribution in [0.4, 0.5) is 0 Å². The highest BCUT2D eigenvalue weighted by atomic mass is 79.9. The average molecular weight is 295 g/mol. The number of fused-ring (bicyclic) bond motifs is 1. The fourth-order valence-corrected chi connectivity index (χ4v) is 2.74. The van der Waals surface area contributed by atoms with Gasteiger partial charge in [-0.05, 0) is 49.0 Å². The average Bonchev–Trinajstić information content (AvgIpc) is 2.31. The van der Waals surface area contributed by atoms with Crippen molar-refractivity contribution in [2.24, 2.45) is 0 Å². The van der Waals surface area contributed by atoms with Crippen molar-refractivity contribution >= 4 is 27.5 Å². The molecule has 0 fully saturated rings. The zero-order valence-corrected chi connectivity index (χ0v) is 11.4. The third-order valence-corrected chi connectivity index (χ3v) is 3.66. The van der Waals surface area contributed by atoms with Gasteiger partial charge in [0.05, 0.1) is 6.61 Å². The van der Waals surface area contributed by atoms with E-state index in [0.717, 1.165) is 29.3 Å². The first-order valence-corrected chi connectivity index (χ1v) is 6.66. The van der Waals surface area contributed by atoms with Crippen LogP contribution in [0.5, 0.6) is 0 Å². The van der Waals surface area contributed by atoms with Crippen LogP contribution in [0, 0.1) is 0 Å². The van der Waals surface area contributed by atoms with Gasteiger partial charge < -0.3 is 4.74 Å². The minimum Gasteiger partial charge on any atom is -0.463 e. The molecule has 1 aliphatic rings. The van der Waals surface area contributed by atoms with Crippen molar-refractivity contribution in [3.05, 3.63) is 39.9 Å². The third kappa shape index (κ3) is 2.78. The summed E-state index contributed by atoms with van der Waals surface area (Å²) in [7, 11) is 0. The van der Waals surface area contributed by atoms with E-state index in [2.05, 4.69) is 22.0 Å². The van der Waals surface area contributed by atoms with Crippen LogP contribution < -0.4 is 0 Å². The normalized spacial score (nSPS) is 16.7. The van der Waals surface area contributed by atoms with Gasteiger partial charge in [-0.15, -0.1) is 0 Å². The molecule has 0 aliphatic heterocycles. The van der Waals surface area contributed by atoms with E-state index in [1.165, 1.54) is 11.1 Å². The fourth-order valence-electron chi connectivity index (χ4n) is 2.18. The molecule has 2 nitrogen and oxygen atoms in total.